The molecule has 0 aromatic heterocycles. The van der Waals surface area contributed by atoms with Gasteiger partial charge in [-0.25, -0.2) is 0 Å². The number of aliphatic hydroxyl groups excluding tert-OH is 1. The maximum absolute atomic E-state index is 11.3. The van der Waals surface area contributed by atoms with Crippen molar-refractivity contribution < 1.29 is 9.90 Å². The summed E-state index contributed by atoms with van der Waals surface area (Å²) >= 11 is 0. The van der Waals surface area contributed by atoms with Gasteiger partial charge in [-0.3, -0.25) is 4.79 Å². The Labute approximate surface area is 125 Å². The maximum atomic E-state index is 11.3. The molecule has 3 heteroatoms. The van der Waals surface area contributed by atoms with Crippen LogP contribution in [0.5, 0.6) is 0 Å². The highest BCUT2D eigenvalue weighted by atomic mass is 16.3. The van der Waals surface area contributed by atoms with Crippen LogP contribution in [0.2, 0.25) is 0 Å². The molecule has 120 valence electrons. The first-order chi connectivity index (χ1) is 9.81. The third-order valence-corrected chi connectivity index (χ3v) is 3.66. The van der Waals surface area contributed by atoms with Crippen LogP contribution in [0.15, 0.2) is 0 Å². The molecule has 1 amide bonds. The van der Waals surface area contributed by atoms with E-state index in [0.717, 1.165) is 13.0 Å². The molecule has 0 spiro atoms. The molecule has 0 fully saturated rings. The zero-order chi connectivity index (χ0) is 14.9. The van der Waals surface area contributed by atoms with Crippen molar-refractivity contribution in [2.75, 3.05) is 13.2 Å². The molecule has 0 heterocycles. The summed E-state index contributed by atoms with van der Waals surface area (Å²) in [5, 5.41) is 11.5. The van der Waals surface area contributed by atoms with E-state index in [9.17, 15) is 4.79 Å². The highest BCUT2D eigenvalue weighted by Crippen LogP contribution is 2.10. The molecule has 0 rings (SSSR count). The van der Waals surface area contributed by atoms with Crippen LogP contribution in [-0.4, -0.2) is 24.2 Å². The van der Waals surface area contributed by atoms with Gasteiger partial charge in [0.05, 0.1) is 0 Å². The normalized spacial score (nSPS) is 10.7. The smallest absolute Gasteiger partial charge is 0.220 e. The minimum atomic E-state index is 0.0751. The van der Waals surface area contributed by atoms with Gasteiger partial charge in [-0.05, 0) is 12.8 Å². The van der Waals surface area contributed by atoms with E-state index in [2.05, 4.69) is 12.2 Å². The van der Waals surface area contributed by atoms with Gasteiger partial charge in [0.2, 0.25) is 5.91 Å². The van der Waals surface area contributed by atoms with Crippen molar-refractivity contribution in [3.05, 3.63) is 0 Å². The number of hydrogen-bond donors (Lipinski definition) is 2. The van der Waals surface area contributed by atoms with Crippen LogP contribution in [0.25, 0.3) is 0 Å². The van der Waals surface area contributed by atoms with Crippen molar-refractivity contribution in [1.82, 2.24) is 5.32 Å². The van der Waals surface area contributed by atoms with E-state index in [1.165, 1.54) is 64.2 Å². The molecule has 0 aliphatic heterocycles. The zero-order valence-electron chi connectivity index (χ0n) is 13.5. The topological polar surface area (TPSA) is 49.3 Å². The molecule has 0 saturated heterocycles. The Bertz CT molecular complexity index is 207. The minimum Gasteiger partial charge on any atom is -0.396 e. The summed E-state index contributed by atoms with van der Waals surface area (Å²) in [5.74, 6) is 0.0751. The SMILES string of the molecule is CCCCCCCCCCCCCNC(=O)CCCO. The van der Waals surface area contributed by atoms with E-state index in [4.69, 9.17) is 5.11 Å². The van der Waals surface area contributed by atoms with E-state index in [0.29, 0.717) is 12.8 Å². The van der Waals surface area contributed by atoms with Gasteiger partial charge in [-0.2, -0.15) is 0 Å². The Morgan fingerprint density at radius 2 is 1.30 bits per heavy atom. The lowest BCUT2D eigenvalue weighted by Crippen LogP contribution is -2.24. The Balaban J connectivity index is 3.04. The standard InChI is InChI=1S/C17H35NO2/c1-2-3-4-5-6-7-8-9-10-11-12-15-18-17(20)14-13-16-19/h19H,2-16H2,1H3,(H,18,20). The summed E-state index contributed by atoms with van der Waals surface area (Å²) in [6.07, 6.45) is 15.7. The third-order valence-electron chi connectivity index (χ3n) is 3.66. The number of amides is 1. The maximum Gasteiger partial charge on any atom is 0.220 e. The van der Waals surface area contributed by atoms with Gasteiger partial charge in [0, 0.05) is 19.6 Å². The zero-order valence-corrected chi connectivity index (χ0v) is 13.5. The molecule has 0 bridgehead atoms. The predicted molar refractivity (Wildman–Crippen MR) is 85.8 cm³/mol. The summed E-state index contributed by atoms with van der Waals surface area (Å²) < 4.78 is 0. The van der Waals surface area contributed by atoms with Crippen molar-refractivity contribution in [1.29, 1.82) is 0 Å². The van der Waals surface area contributed by atoms with Gasteiger partial charge in [0.25, 0.3) is 0 Å². The lowest BCUT2D eigenvalue weighted by molar-refractivity contribution is -0.121. The average molecular weight is 285 g/mol. The average Bonchev–Trinajstić information content (AvgIpc) is 2.46. The third kappa shape index (κ3) is 15.5. The summed E-state index contributed by atoms with van der Waals surface area (Å²) in [7, 11) is 0. The van der Waals surface area contributed by atoms with Crippen LogP contribution in [0.3, 0.4) is 0 Å². The molecular formula is C17H35NO2. The van der Waals surface area contributed by atoms with Crippen LogP contribution in [-0.2, 0) is 4.79 Å². The summed E-state index contributed by atoms with van der Waals surface area (Å²) in [5.41, 5.74) is 0. The Hall–Kier alpha value is -0.570. The molecule has 0 aromatic rings. The van der Waals surface area contributed by atoms with Gasteiger partial charge in [-0.1, -0.05) is 71.1 Å². The lowest BCUT2D eigenvalue weighted by atomic mass is 10.1. The Morgan fingerprint density at radius 1 is 0.800 bits per heavy atom. The summed E-state index contributed by atoms with van der Waals surface area (Å²) in [4.78, 5) is 11.3. The van der Waals surface area contributed by atoms with Crippen LogP contribution in [0.4, 0.5) is 0 Å². The fourth-order valence-corrected chi connectivity index (χ4v) is 2.35. The monoisotopic (exact) mass is 285 g/mol. The van der Waals surface area contributed by atoms with E-state index in [1.807, 2.05) is 0 Å². The number of aliphatic hydroxyl groups is 1. The van der Waals surface area contributed by atoms with Crippen LogP contribution in [0, 0.1) is 0 Å². The molecule has 0 aliphatic carbocycles. The van der Waals surface area contributed by atoms with E-state index >= 15 is 0 Å². The van der Waals surface area contributed by atoms with E-state index in [-0.39, 0.29) is 12.5 Å². The number of rotatable bonds is 15. The first-order valence-corrected chi connectivity index (χ1v) is 8.68. The van der Waals surface area contributed by atoms with Crippen LogP contribution in [0.1, 0.15) is 90.4 Å². The van der Waals surface area contributed by atoms with Gasteiger partial charge in [0.1, 0.15) is 0 Å². The lowest BCUT2D eigenvalue weighted by Gasteiger charge is -2.05. The number of carbonyl (C=O) groups excluding carboxylic acids is 1. The molecule has 2 N–H and O–H groups in total. The molecule has 0 atom stereocenters. The van der Waals surface area contributed by atoms with E-state index in [1.54, 1.807) is 0 Å². The Morgan fingerprint density at radius 3 is 1.80 bits per heavy atom. The fourth-order valence-electron chi connectivity index (χ4n) is 2.35. The van der Waals surface area contributed by atoms with Crippen molar-refractivity contribution in [3.8, 4) is 0 Å². The summed E-state index contributed by atoms with van der Waals surface area (Å²) in [6.45, 7) is 3.15. The number of carbonyl (C=O) groups is 1. The molecule has 0 saturated carbocycles. The minimum absolute atomic E-state index is 0.0751. The van der Waals surface area contributed by atoms with Gasteiger partial charge in [0.15, 0.2) is 0 Å². The molecule has 20 heavy (non-hydrogen) atoms. The number of hydrogen-bond acceptors (Lipinski definition) is 2. The molecule has 3 nitrogen and oxygen atoms in total. The van der Waals surface area contributed by atoms with E-state index < -0.39 is 0 Å². The largest absolute Gasteiger partial charge is 0.396 e. The first-order valence-electron chi connectivity index (χ1n) is 8.68. The number of unbranched alkanes of at least 4 members (excludes halogenated alkanes) is 10. The highest BCUT2D eigenvalue weighted by molar-refractivity contribution is 5.75. The molecule has 0 radical (unpaired) electrons. The van der Waals surface area contributed by atoms with Crippen molar-refractivity contribution in [2.24, 2.45) is 0 Å². The van der Waals surface area contributed by atoms with Crippen molar-refractivity contribution in [3.63, 3.8) is 0 Å². The summed E-state index contributed by atoms with van der Waals surface area (Å²) in [6, 6.07) is 0. The van der Waals surface area contributed by atoms with Crippen LogP contribution < -0.4 is 5.32 Å². The second kappa shape index (κ2) is 16.5. The Kier molecular flexibility index (Phi) is 16.0. The number of nitrogens with one attached hydrogen (secondary N) is 1. The molecule has 0 aromatic carbocycles. The van der Waals surface area contributed by atoms with Gasteiger partial charge in [-0.15, -0.1) is 0 Å². The quantitative estimate of drug-likeness (QED) is 0.443. The second-order valence-electron chi connectivity index (χ2n) is 5.71. The molecular weight excluding hydrogens is 250 g/mol. The predicted octanol–water partition coefficient (Wildman–Crippen LogP) is 4.19. The first kappa shape index (κ1) is 19.4. The van der Waals surface area contributed by atoms with Crippen LogP contribution >= 0.6 is 0 Å². The highest BCUT2D eigenvalue weighted by Gasteiger charge is 1.99. The van der Waals surface area contributed by atoms with Gasteiger partial charge < -0.3 is 10.4 Å². The van der Waals surface area contributed by atoms with Crippen molar-refractivity contribution in [2.45, 2.75) is 90.4 Å². The molecule has 0 aliphatic rings. The van der Waals surface area contributed by atoms with Gasteiger partial charge >= 0.3 is 0 Å². The fraction of sp³-hybridized carbons (Fsp3) is 0.941. The van der Waals surface area contributed by atoms with Crippen molar-refractivity contribution >= 4 is 5.91 Å². The molecule has 0 unspecified atom stereocenters. The second-order valence-corrected chi connectivity index (χ2v) is 5.71.